The molecule has 2 aromatic heterocycles. The predicted molar refractivity (Wildman–Crippen MR) is 98.9 cm³/mol. The number of likely N-dealkylation sites (N-methyl/N-ethyl adjacent to an activating group) is 1. The molecular weight excluding hydrogens is 334 g/mol. The Balaban J connectivity index is 1.44. The number of aromatic amines is 1. The van der Waals surface area contributed by atoms with Gasteiger partial charge in [0.25, 0.3) is 5.91 Å². The zero-order chi connectivity index (χ0) is 17.4. The lowest BCUT2D eigenvalue weighted by molar-refractivity contribution is 0.0656. The second kappa shape index (κ2) is 6.90. The molecule has 0 saturated carbocycles. The van der Waals surface area contributed by atoms with Crippen molar-refractivity contribution in [1.29, 1.82) is 0 Å². The standard InChI is InChI=1S/C18H25N5OS/c1-13-3-4-14(25-13)11-22-6-5-15-16(12-22)19-20-17(15)18(24)23-9-7-21(2)8-10-23/h3-4H,5-12H2,1-2H3,(H,19,20). The van der Waals surface area contributed by atoms with Crippen LogP contribution >= 0.6 is 11.3 Å². The van der Waals surface area contributed by atoms with Crippen LogP contribution in [0.3, 0.4) is 0 Å². The van der Waals surface area contributed by atoms with E-state index in [1.807, 2.05) is 16.2 Å². The summed E-state index contributed by atoms with van der Waals surface area (Å²) < 4.78 is 0. The summed E-state index contributed by atoms with van der Waals surface area (Å²) in [5.41, 5.74) is 2.88. The number of nitrogens with one attached hydrogen (secondary N) is 1. The highest BCUT2D eigenvalue weighted by Crippen LogP contribution is 2.24. The lowest BCUT2D eigenvalue weighted by Crippen LogP contribution is -2.47. The fourth-order valence-corrected chi connectivity index (χ4v) is 4.57. The number of thiophene rings is 1. The molecule has 2 aromatic rings. The molecule has 1 amide bonds. The first-order valence-electron chi connectivity index (χ1n) is 8.92. The summed E-state index contributed by atoms with van der Waals surface area (Å²) in [7, 11) is 2.10. The van der Waals surface area contributed by atoms with E-state index in [0.717, 1.165) is 63.5 Å². The summed E-state index contributed by atoms with van der Waals surface area (Å²) >= 11 is 1.86. The van der Waals surface area contributed by atoms with Crippen LogP contribution < -0.4 is 0 Å². The molecule has 0 aromatic carbocycles. The lowest BCUT2D eigenvalue weighted by Gasteiger charge is -2.32. The molecule has 0 radical (unpaired) electrons. The maximum absolute atomic E-state index is 12.8. The zero-order valence-electron chi connectivity index (χ0n) is 14.9. The Kier molecular flexibility index (Phi) is 4.62. The lowest BCUT2D eigenvalue weighted by atomic mass is 10.0. The van der Waals surface area contributed by atoms with Crippen molar-refractivity contribution in [3.8, 4) is 0 Å². The van der Waals surface area contributed by atoms with Crippen LogP contribution in [0.15, 0.2) is 12.1 Å². The Bertz CT molecular complexity index is 759. The van der Waals surface area contributed by atoms with Crippen molar-refractivity contribution in [3.63, 3.8) is 0 Å². The maximum Gasteiger partial charge on any atom is 0.274 e. The van der Waals surface area contributed by atoms with Gasteiger partial charge >= 0.3 is 0 Å². The molecule has 6 nitrogen and oxygen atoms in total. The highest BCUT2D eigenvalue weighted by atomic mass is 32.1. The normalized spacial score (nSPS) is 19.2. The van der Waals surface area contributed by atoms with Gasteiger partial charge < -0.3 is 9.80 Å². The van der Waals surface area contributed by atoms with E-state index in [9.17, 15) is 4.79 Å². The molecule has 25 heavy (non-hydrogen) atoms. The molecule has 134 valence electrons. The van der Waals surface area contributed by atoms with Gasteiger partial charge in [0, 0.05) is 61.1 Å². The van der Waals surface area contributed by atoms with Crippen LogP contribution in [0, 0.1) is 6.92 Å². The molecule has 0 atom stereocenters. The molecule has 2 aliphatic heterocycles. The van der Waals surface area contributed by atoms with Crippen LogP contribution in [-0.4, -0.2) is 70.6 Å². The predicted octanol–water partition coefficient (Wildman–Crippen LogP) is 1.73. The highest BCUT2D eigenvalue weighted by molar-refractivity contribution is 7.11. The molecule has 0 spiro atoms. The first-order valence-corrected chi connectivity index (χ1v) is 9.73. The van der Waals surface area contributed by atoms with Crippen molar-refractivity contribution in [2.75, 3.05) is 39.8 Å². The van der Waals surface area contributed by atoms with E-state index in [1.54, 1.807) is 0 Å². The number of rotatable bonds is 3. The quantitative estimate of drug-likeness (QED) is 0.907. The van der Waals surface area contributed by atoms with E-state index in [-0.39, 0.29) is 5.91 Å². The number of aromatic nitrogens is 2. The number of hydrogen-bond acceptors (Lipinski definition) is 5. The number of nitrogens with zero attached hydrogens (tertiary/aromatic N) is 4. The third kappa shape index (κ3) is 3.49. The second-order valence-corrected chi connectivity index (χ2v) is 8.47. The van der Waals surface area contributed by atoms with Gasteiger partial charge in [-0.05, 0) is 32.5 Å². The average molecular weight is 359 g/mol. The van der Waals surface area contributed by atoms with Gasteiger partial charge in [0.1, 0.15) is 0 Å². The van der Waals surface area contributed by atoms with Crippen LogP contribution in [0.1, 0.15) is 31.5 Å². The largest absolute Gasteiger partial charge is 0.335 e. The van der Waals surface area contributed by atoms with Crippen molar-refractivity contribution < 1.29 is 4.79 Å². The summed E-state index contributed by atoms with van der Waals surface area (Å²) in [4.78, 5) is 22.2. The van der Waals surface area contributed by atoms with E-state index in [0.29, 0.717) is 5.69 Å². The minimum Gasteiger partial charge on any atom is -0.335 e. The van der Waals surface area contributed by atoms with Crippen LogP contribution in [0.25, 0.3) is 0 Å². The topological polar surface area (TPSA) is 55.5 Å². The smallest absolute Gasteiger partial charge is 0.274 e. The first-order chi connectivity index (χ1) is 12.1. The summed E-state index contributed by atoms with van der Waals surface area (Å²) in [6.45, 7) is 8.40. The number of fused-ring (bicyclic) bond motifs is 1. The molecule has 0 bridgehead atoms. The minimum absolute atomic E-state index is 0.0907. The zero-order valence-corrected chi connectivity index (χ0v) is 15.7. The number of carbonyl (C=O) groups is 1. The summed E-state index contributed by atoms with van der Waals surface area (Å²) in [6, 6.07) is 4.39. The molecule has 2 aliphatic rings. The van der Waals surface area contributed by atoms with E-state index >= 15 is 0 Å². The Hall–Kier alpha value is -1.70. The Morgan fingerprint density at radius 2 is 2.04 bits per heavy atom. The van der Waals surface area contributed by atoms with E-state index in [2.05, 4.69) is 46.1 Å². The van der Waals surface area contributed by atoms with Gasteiger partial charge in [0.15, 0.2) is 5.69 Å². The van der Waals surface area contributed by atoms with Crippen LogP contribution in [0.5, 0.6) is 0 Å². The van der Waals surface area contributed by atoms with Gasteiger partial charge in [-0.3, -0.25) is 14.8 Å². The first kappa shape index (κ1) is 16.8. The molecule has 4 heterocycles. The van der Waals surface area contributed by atoms with Crippen molar-refractivity contribution in [2.45, 2.75) is 26.4 Å². The number of carbonyl (C=O) groups excluding carboxylic acids is 1. The third-order valence-corrected chi connectivity index (χ3v) is 6.17. The van der Waals surface area contributed by atoms with Gasteiger partial charge in [-0.1, -0.05) is 0 Å². The van der Waals surface area contributed by atoms with Crippen molar-refractivity contribution in [1.82, 2.24) is 24.9 Å². The fraction of sp³-hybridized carbons (Fsp3) is 0.556. The fourth-order valence-electron chi connectivity index (χ4n) is 3.64. The third-order valence-electron chi connectivity index (χ3n) is 5.18. The Labute approximate surface area is 152 Å². The second-order valence-electron chi connectivity index (χ2n) is 7.10. The minimum atomic E-state index is 0.0907. The SMILES string of the molecule is Cc1ccc(CN2CCc3c(C(=O)N4CCN(C)CC4)n[nH]c3C2)s1. The van der Waals surface area contributed by atoms with Gasteiger partial charge in [-0.15, -0.1) is 11.3 Å². The van der Waals surface area contributed by atoms with Crippen LogP contribution in [0.4, 0.5) is 0 Å². The van der Waals surface area contributed by atoms with Crippen molar-refractivity contribution >= 4 is 17.2 Å². The summed E-state index contributed by atoms with van der Waals surface area (Å²) in [5.74, 6) is 0.0907. The van der Waals surface area contributed by atoms with E-state index in [1.165, 1.54) is 9.75 Å². The number of piperazine rings is 1. The molecule has 1 saturated heterocycles. The van der Waals surface area contributed by atoms with Crippen molar-refractivity contribution in [2.24, 2.45) is 0 Å². The summed E-state index contributed by atoms with van der Waals surface area (Å²) in [5, 5.41) is 7.51. The molecule has 0 aliphatic carbocycles. The van der Waals surface area contributed by atoms with Gasteiger partial charge in [-0.2, -0.15) is 5.10 Å². The Morgan fingerprint density at radius 3 is 2.76 bits per heavy atom. The highest BCUT2D eigenvalue weighted by Gasteiger charge is 2.29. The molecule has 0 unspecified atom stereocenters. The molecule has 4 rings (SSSR count). The molecule has 1 N–H and O–H groups in total. The van der Waals surface area contributed by atoms with Gasteiger partial charge in [0.2, 0.25) is 0 Å². The maximum atomic E-state index is 12.8. The number of H-pyrrole nitrogens is 1. The Morgan fingerprint density at radius 1 is 1.24 bits per heavy atom. The molecular formula is C18H25N5OS. The van der Waals surface area contributed by atoms with Crippen LogP contribution in [-0.2, 0) is 19.5 Å². The average Bonchev–Trinajstić information content (AvgIpc) is 3.21. The number of hydrogen-bond donors (Lipinski definition) is 1. The van der Waals surface area contributed by atoms with E-state index < -0.39 is 0 Å². The van der Waals surface area contributed by atoms with Crippen molar-refractivity contribution in [3.05, 3.63) is 38.8 Å². The summed E-state index contributed by atoms with van der Waals surface area (Å²) in [6.07, 6.45) is 0.894. The monoisotopic (exact) mass is 359 g/mol. The van der Waals surface area contributed by atoms with Gasteiger partial charge in [0.05, 0.1) is 5.69 Å². The van der Waals surface area contributed by atoms with E-state index in [4.69, 9.17) is 0 Å². The van der Waals surface area contributed by atoms with Gasteiger partial charge in [-0.25, -0.2) is 0 Å². The van der Waals surface area contributed by atoms with Crippen LogP contribution in [0.2, 0.25) is 0 Å². The number of aryl methyl sites for hydroxylation is 1. The number of amides is 1. The molecule has 1 fully saturated rings. The molecule has 7 heteroatoms.